The van der Waals surface area contributed by atoms with Crippen molar-refractivity contribution in [2.75, 3.05) is 5.43 Å². The highest BCUT2D eigenvalue weighted by Gasteiger charge is 2.02. The zero-order chi connectivity index (χ0) is 11.5. The van der Waals surface area contributed by atoms with Crippen LogP contribution in [0, 0.1) is 11.7 Å². The molecule has 1 heterocycles. The number of phenolic OH excluding ortho intramolecular Hbond substituents is 1. The van der Waals surface area contributed by atoms with Crippen LogP contribution in [-0.4, -0.2) is 20.0 Å². The number of hydrogen-bond acceptors (Lipinski definition) is 4. The average Bonchev–Trinajstić information content (AvgIpc) is 2.58. The number of nitrogens with zero attached hydrogens (tertiary/aromatic N) is 2. The molecule has 84 valence electrons. The fourth-order valence-corrected chi connectivity index (χ4v) is 1.63. The van der Waals surface area contributed by atoms with Crippen LogP contribution in [0.25, 0.3) is 0 Å². The molecule has 0 fully saturated rings. The summed E-state index contributed by atoms with van der Waals surface area (Å²) in [5, 5.41) is 16.2. The van der Waals surface area contributed by atoms with E-state index in [1.54, 1.807) is 16.8 Å². The van der Waals surface area contributed by atoms with Crippen LogP contribution >= 0.6 is 12.2 Å². The number of aryl methyl sites for hydroxylation is 1. The van der Waals surface area contributed by atoms with E-state index in [9.17, 15) is 5.11 Å². The maximum absolute atomic E-state index is 9.58. The predicted octanol–water partition coefficient (Wildman–Crippen LogP) is 1.70. The van der Waals surface area contributed by atoms with Crippen molar-refractivity contribution in [3.8, 4) is 5.75 Å². The number of benzene rings is 1. The van der Waals surface area contributed by atoms with Crippen LogP contribution < -0.4 is 5.43 Å². The summed E-state index contributed by atoms with van der Waals surface area (Å²) in [6.45, 7) is 2.32. The van der Waals surface area contributed by atoms with Gasteiger partial charge in [0.2, 0.25) is 4.77 Å². The van der Waals surface area contributed by atoms with E-state index in [2.05, 4.69) is 15.6 Å². The zero-order valence-electron chi connectivity index (χ0n) is 8.77. The first kappa shape index (κ1) is 10.7. The molecule has 0 aliphatic carbocycles. The van der Waals surface area contributed by atoms with Crippen LogP contribution in [0.2, 0.25) is 0 Å². The number of aromatic nitrogens is 3. The molecule has 5 nitrogen and oxygen atoms in total. The van der Waals surface area contributed by atoms with Crippen LogP contribution in [0.5, 0.6) is 5.75 Å². The van der Waals surface area contributed by atoms with E-state index in [0.29, 0.717) is 11.3 Å². The lowest BCUT2D eigenvalue weighted by molar-refractivity contribution is 0.468. The molecule has 0 aliphatic heterocycles. The van der Waals surface area contributed by atoms with Gasteiger partial charge in [-0.3, -0.25) is 5.10 Å². The van der Waals surface area contributed by atoms with E-state index in [4.69, 9.17) is 12.2 Å². The summed E-state index contributed by atoms with van der Waals surface area (Å²) in [5.74, 6) is 1.02. The normalized spacial score (nSPS) is 10.3. The van der Waals surface area contributed by atoms with Gasteiger partial charge in [0, 0.05) is 5.56 Å². The highest BCUT2D eigenvalue weighted by Crippen LogP contribution is 2.15. The average molecular weight is 236 g/mol. The topological polar surface area (TPSA) is 65.9 Å². The van der Waals surface area contributed by atoms with Gasteiger partial charge in [0.1, 0.15) is 11.6 Å². The lowest BCUT2D eigenvalue weighted by atomic mass is 10.2. The molecule has 16 heavy (non-hydrogen) atoms. The van der Waals surface area contributed by atoms with Gasteiger partial charge >= 0.3 is 0 Å². The lowest BCUT2D eigenvalue weighted by Gasteiger charge is -2.09. The molecule has 0 bridgehead atoms. The van der Waals surface area contributed by atoms with Gasteiger partial charge in [-0.25, -0.2) is 4.68 Å². The number of aromatic hydroxyl groups is 1. The molecule has 2 aromatic rings. The van der Waals surface area contributed by atoms with Crippen molar-refractivity contribution in [3.05, 3.63) is 40.4 Å². The zero-order valence-corrected chi connectivity index (χ0v) is 9.58. The maximum Gasteiger partial charge on any atom is 0.214 e. The third-order valence-corrected chi connectivity index (χ3v) is 2.53. The Bertz CT molecular complexity index is 546. The van der Waals surface area contributed by atoms with Crippen molar-refractivity contribution in [2.24, 2.45) is 0 Å². The number of rotatable bonds is 3. The minimum atomic E-state index is 0.266. The van der Waals surface area contributed by atoms with Crippen molar-refractivity contribution in [1.82, 2.24) is 14.9 Å². The number of hydrogen-bond donors (Lipinski definition) is 3. The SMILES string of the molecule is Cc1n[nH]c(=S)n1NCc1ccccc1O. The largest absolute Gasteiger partial charge is 0.508 e. The first-order chi connectivity index (χ1) is 7.68. The molecule has 1 aromatic heterocycles. The number of nitrogens with one attached hydrogen (secondary N) is 2. The molecule has 6 heteroatoms. The van der Waals surface area contributed by atoms with Gasteiger partial charge in [0.05, 0.1) is 6.54 Å². The summed E-state index contributed by atoms with van der Waals surface area (Å²) in [7, 11) is 0. The molecule has 0 spiro atoms. The molecule has 0 unspecified atom stereocenters. The standard InChI is InChI=1S/C10H12N4OS/c1-7-12-13-10(16)14(7)11-6-8-4-2-3-5-9(8)15/h2-5,11,15H,6H2,1H3,(H,13,16). The maximum atomic E-state index is 9.58. The van der Waals surface area contributed by atoms with Gasteiger partial charge in [0.15, 0.2) is 0 Å². The van der Waals surface area contributed by atoms with Crippen molar-refractivity contribution >= 4 is 12.2 Å². The van der Waals surface area contributed by atoms with Gasteiger partial charge in [-0.15, -0.1) is 0 Å². The molecule has 0 radical (unpaired) electrons. The second kappa shape index (κ2) is 4.36. The second-order valence-electron chi connectivity index (χ2n) is 3.37. The Hall–Kier alpha value is -1.82. The van der Waals surface area contributed by atoms with E-state index in [1.165, 1.54) is 0 Å². The summed E-state index contributed by atoms with van der Waals surface area (Å²) in [5.41, 5.74) is 3.89. The molecule has 0 saturated carbocycles. The van der Waals surface area contributed by atoms with Crippen LogP contribution in [0.15, 0.2) is 24.3 Å². The van der Waals surface area contributed by atoms with Crippen molar-refractivity contribution in [1.29, 1.82) is 0 Å². The number of phenols is 1. The van der Waals surface area contributed by atoms with E-state index in [1.807, 2.05) is 19.1 Å². The Morgan fingerprint density at radius 2 is 2.25 bits per heavy atom. The first-order valence-electron chi connectivity index (χ1n) is 4.83. The third-order valence-electron chi connectivity index (χ3n) is 2.26. The van der Waals surface area contributed by atoms with Gasteiger partial charge in [-0.1, -0.05) is 18.2 Å². The highest BCUT2D eigenvalue weighted by molar-refractivity contribution is 7.71. The molecule has 0 saturated heterocycles. The Balaban J connectivity index is 2.14. The number of aromatic amines is 1. The van der Waals surface area contributed by atoms with Crippen molar-refractivity contribution < 1.29 is 5.11 Å². The van der Waals surface area contributed by atoms with E-state index in [0.717, 1.165) is 11.4 Å². The summed E-state index contributed by atoms with van der Waals surface area (Å²) in [6, 6.07) is 7.16. The molecule has 0 atom stereocenters. The van der Waals surface area contributed by atoms with Crippen LogP contribution in [0.3, 0.4) is 0 Å². The molecule has 0 aliphatic rings. The monoisotopic (exact) mass is 236 g/mol. The van der Waals surface area contributed by atoms with Crippen LogP contribution in [0.4, 0.5) is 0 Å². The number of para-hydroxylation sites is 1. The molecule has 0 amide bonds. The van der Waals surface area contributed by atoms with Crippen molar-refractivity contribution in [3.63, 3.8) is 0 Å². The summed E-state index contributed by atoms with van der Waals surface area (Å²) in [6.07, 6.45) is 0. The number of H-pyrrole nitrogens is 1. The summed E-state index contributed by atoms with van der Waals surface area (Å²) in [4.78, 5) is 0. The van der Waals surface area contributed by atoms with Crippen LogP contribution in [-0.2, 0) is 6.54 Å². The van der Waals surface area contributed by atoms with Crippen molar-refractivity contribution in [2.45, 2.75) is 13.5 Å². The molecule has 2 rings (SSSR count). The highest BCUT2D eigenvalue weighted by atomic mass is 32.1. The quantitative estimate of drug-likeness (QED) is 0.710. The fourth-order valence-electron chi connectivity index (χ4n) is 1.39. The van der Waals surface area contributed by atoms with Gasteiger partial charge in [-0.2, -0.15) is 5.10 Å². The van der Waals surface area contributed by atoms with E-state index < -0.39 is 0 Å². The first-order valence-corrected chi connectivity index (χ1v) is 5.24. The Kier molecular flexibility index (Phi) is 2.91. The lowest BCUT2D eigenvalue weighted by Crippen LogP contribution is -2.16. The minimum absolute atomic E-state index is 0.266. The summed E-state index contributed by atoms with van der Waals surface area (Å²) >= 11 is 5.04. The Morgan fingerprint density at radius 3 is 2.88 bits per heavy atom. The molecule has 3 N–H and O–H groups in total. The Morgan fingerprint density at radius 1 is 1.50 bits per heavy atom. The van der Waals surface area contributed by atoms with E-state index in [-0.39, 0.29) is 5.75 Å². The Labute approximate surface area is 97.7 Å². The molecular formula is C10H12N4OS. The minimum Gasteiger partial charge on any atom is -0.508 e. The predicted molar refractivity (Wildman–Crippen MR) is 63.3 cm³/mol. The van der Waals surface area contributed by atoms with Gasteiger partial charge in [0.25, 0.3) is 0 Å². The fraction of sp³-hybridized carbons (Fsp3) is 0.200. The second-order valence-corrected chi connectivity index (χ2v) is 3.76. The van der Waals surface area contributed by atoms with E-state index >= 15 is 0 Å². The summed E-state index contributed by atoms with van der Waals surface area (Å²) < 4.78 is 2.18. The molecular weight excluding hydrogens is 224 g/mol. The third kappa shape index (κ3) is 2.06. The molecule has 1 aromatic carbocycles. The van der Waals surface area contributed by atoms with Gasteiger partial charge < -0.3 is 10.5 Å². The van der Waals surface area contributed by atoms with Gasteiger partial charge in [-0.05, 0) is 25.2 Å². The smallest absolute Gasteiger partial charge is 0.214 e. The van der Waals surface area contributed by atoms with Crippen LogP contribution in [0.1, 0.15) is 11.4 Å².